The van der Waals surface area contributed by atoms with Crippen LogP contribution in [0.3, 0.4) is 0 Å². The highest BCUT2D eigenvalue weighted by Crippen LogP contribution is 2.21. The van der Waals surface area contributed by atoms with E-state index in [9.17, 15) is 22.4 Å². The van der Waals surface area contributed by atoms with Crippen molar-refractivity contribution in [2.24, 2.45) is 0 Å². The Morgan fingerprint density at radius 1 is 1.03 bits per heavy atom. The Bertz CT molecular complexity index is 1080. The van der Waals surface area contributed by atoms with Gasteiger partial charge in [-0.25, -0.2) is 12.8 Å². The van der Waals surface area contributed by atoms with Crippen molar-refractivity contribution in [3.63, 3.8) is 0 Å². The molecule has 1 N–H and O–H groups in total. The molecule has 33 heavy (non-hydrogen) atoms. The minimum atomic E-state index is -3.52. The van der Waals surface area contributed by atoms with Crippen LogP contribution >= 0.6 is 11.6 Å². The summed E-state index contributed by atoms with van der Waals surface area (Å²) in [4.78, 5) is 24.1. The van der Waals surface area contributed by atoms with Gasteiger partial charge in [0.2, 0.25) is 10.0 Å². The van der Waals surface area contributed by atoms with Crippen molar-refractivity contribution >= 4 is 39.2 Å². The molecule has 1 aliphatic heterocycles. The van der Waals surface area contributed by atoms with Crippen LogP contribution in [0.2, 0.25) is 5.02 Å². The van der Waals surface area contributed by atoms with E-state index in [2.05, 4.69) is 5.32 Å². The van der Waals surface area contributed by atoms with Crippen LogP contribution < -0.4 is 5.32 Å². The normalized spacial score (nSPS) is 15.0. The summed E-state index contributed by atoms with van der Waals surface area (Å²) in [7, 11) is -3.52. The number of esters is 1. The van der Waals surface area contributed by atoms with Crippen LogP contribution in [0.1, 0.15) is 37.7 Å². The molecule has 0 unspecified atom stereocenters. The standard InChI is InChI=1S/C23H26ClFN2O5S/c24-18-8-11-20(25)21(15-18)26-22(28)16-32-23(29)12-7-17-5-9-19(10-6-17)33(30,31)27-13-3-1-2-4-14-27/h5-6,8-11,15H,1-4,7,12-14,16H2,(H,26,28). The van der Waals surface area contributed by atoms with Gasteiger partial charge in [0.15, 0.2) is 6.61 Å². The molecular weight excluding hydrogens is 471 g/mol. The topological polar surface area (TPSA) is 92.8 Å². The Balaban J connectivity index is 1.46. The number of benzene rings is 2. The maximum Gasteiger partial charge on any atom is 0.306 e. The molecule has 0 aromatic heterocycles. The Labute approximate surface area is 197 Å². The van der Waals surface area contributed by atoms with Gasteiger partial charge in [0.1, 0.15) is 5.82 Å². The van der Waals surface area contributed by atoms with Crippen LogP contribution in [0.4, 0.5) is 10.1 Å². The monoisotopic (exact) mass is 496 g/mol. The Kier molecular flexibility index (Phi) is 8.82. The summed E-state index contributed by atoms with van der Waals surface area (Å²) in [6.45, 7) is 0.513. The van der Waals surface area contributed by atoms with E-state index in [0.29, 0.717) is 19.5 Å². The van der Waals surface area contributed by atoms with Gasteiger partial charge in [-0.1, -0.05) is 36.6 Å². The van der Waals surface area contributed by atoms with Gasteiger partial charge in [-0.05, 0) is 55.2 Å². The Morgan fingerprint density at radius 2 is 1.70 bits per heavy atom. The molecule has 0 radical (unpaired) electrons. The molecular formula is C23H26ClFN2O5S. The van der Waals surface area contributed by atoms with E-state index < -0.39 is 34.3 Å². The molecule has 178 valence electrons. The van der Waals surface area contributed by atoms with Crippen molar-refractivity contribution in [2.45, 2.75) is 43.4 Å². The second kappa shape index (κ2) is 11.6. The van der Waals surface area contributed by atoms with Crippen LogP contribution in [0, 0.1) is 5.82 Å². The summed E-state index contributed by atoms with van der Waals surface area (Å²) in [6.07, 6.45) is 4.15. The molecule has 0 atom stereocenters. The smallest absolute Gasteiger partial charge is 0.306 e. The van der Waals surface area contributed by atoms with E-state index in [1.54, 1.807) is 24.3 Å². The number of ether oxygens (including phenoxy) is 1. The molecule has 1 aliphatic rings. The molecule has 2 aromatic carbocycles. The van der Waals surface area contributed by atoms with E-state index in [4.69, 9.17) is 16.3 Å². The first-order valence-corrected chi connectivity index (χ1v) is 12.6. The van der Waals surface area contributed by atoms with Gasteiger partial charge in [0, 0.05) is 24.5 Å². The van der Waals surface area contributed by atoms with Crippen molar-refractivity contribution in [1.29, 1.82) is 0 Å². The molecule has 1 fully saturated rings. The molecule has 0 saturated carbocycles. The third kappa shape index (κ3) is 7.25. The van der Waals surface area contributed by atoms with Crippen molar-refractivity contribution in [3.8, 4) is 0 Å². The number of hydrogen-bond acceptors (Lipinski definition) is 5. The Morgan fingerprint density at radius 3 is 2.36 bits per heavy atom. The fourth-order valence-corrected chi connectivity index (χ4v) is 5.19. The van der Waals surface area contributed by atoms with Crippen molar-refractivity contribution < 1.29 is 27.1 Å². The van der Waals surface area contributed by atoms with Gasteiger partial charge < -0.3 is 10.1 Å². The molecule has 0 bridgehead atoms. The van der Waals surface area contributed by atoms with Gasteiger partial charge in [-0.2, -0.15) is 4.31 Å². The molecule has 2 aromatic rings. The summed E-state index contributed by atoms with van der Waals surface area (Å²) in [5.41, 5.74) is 0.672. The number of anilines is 1. The first-order chi connectivity index (χ1) is 15.8. The molecule has 10 heteroatoms. The number of aryl methyl sites for hydroxylation is 1. The lowest BCUT2D eigenvalue weighted by Crippen LogP contribution is -2.31. The second-order valence-electron chi connectivity index (χ2n) is 7.80. The van der Waals surface area contributed by atoms with Crippen LogP contribution in [0.25, 0.3) is 0 Å². The van der Waals surface area contributed by atoms with E-state index >= 15 is 0 Å². The number of nitrogens with one attached hydrogen (secondary N) is 1. The number of nitrogens with zero attached hydrogens (tertiary/aromatic N) is 1. The second-order valence-corrected chi connectivity index (χ2v) is 10.2. The molecule has 0 aliphatic carbocycles. The SMILES string of the molecule is O=C(COC(=O)CCc1ccc(S(=O)(=O)N2CCCCCC2)cc1)Nc1cc(Cl)ccc1F. The van der Waals surface area contributed by atoms with Gasteiger partial charge in [-0.3, -0.25) is 9.59 Å². The summed E-state index contributed by atoms with van der Waals surface area (Å²) < 4.78 is 45.7. The van der Waals surface area contributed by atoms with Crippen LogP contribution in [0.15, 0.2) is 47.4 Å². The van der Waals surface area contributed by atoms with Crippen molar-refractivity contribution in [3.05, 3.63) is 58.9 Å². The molecule has 1 amide bonds. The first kappa shape index (κ1) is 25.1. The van der Waals surface area contributed by atoms with Gasteiger partial charge >= 0.3 is 5.97 Å². The van der Waals surface area contributed by atoms with Gasteiger partial charge in [-0.15, -0.1) is 0 Å². The fraction of sp³-hybridized carbons (Fsp3) is 0.391. The van der Waals surface area contributed by atoms with Crippen molar-refractivity contribution in [2.75, 3.05) is 25.0 Å². The summed E-state index contributed by atoms with van der Waals surface area (Å²) in [5, 5.41) is 2.55. The van der Waals surface area contributed by atoms with Gasteiger partial charge in [0.25, 0.3) is 5.91 Å². The van der Waals surface area contributed by atoms with Crippen LogP contribution in [0.5, 0.6) is 0 Å². The van der Waals surface area contributed by atoms with Crippen LogP contribution in [-0.4, -0.2) is 44.3 Å². The molecule has 1 saturated heterocycles. The molecule has 7 nitrogen and oxygen atoms in total. The number of carbonyl (C=O) groups is 2. The summed E-state index contributed by atoms with van der Waals surface area (Å²) in [5.74, 6) is -1.94. The molecule has 0 spiro atoms. The minimum absolute atomic E-state index is 0.0109. The average Bonchev–Trinajstić information content (AvgIpc) is 3.09. The minimum Gasteiger partial charge on any atom is -0.456 e. The number of hydrogen-bond donors (Lipinski definition) is 1. The fourth-order valence-electron chi connectivity index (χ4n) is 3.50. The number of halogens is 2. The predicted molar refractivity (Wildman–Crippen MR) is 123 cm³/mol. The average molecular weight is 497 g/mol. The number of sulfonamides is 1. The molecule has 3 rings (SSSR count). The first-order valence-electron chi connectivity index (χ1n) is 10.8. The van der Waals surface area contributed by atoms with Crippen molar-refractivity contribution in [1.82, 2.24) is 4.31 Å². The maximum absolute atomic E-state index is 13.6. The highest BCUT2D eigenvalue weighted by Gasteiger charge is 2.25. The van der Waals surface area contributed by atoms with Gasteiger partial charge in [0.05, 0.1) is 10.6 Å². The predicted octanol–water partition coefficient (Wildman–Crippen LogP) is 4.16. The number of amides is 1. The maximum atomic E-state index is 13.6. The lowest BCUT2D eigenvalue weighted by Gasteiger charge is -2.20. The largest absolute Gasteiger partial charge is 0.456 e. The lowest BCUT2D eigenvalue weighted by atomic mass is 10.1. The molecule has 1 heterocycles. The van der Waals surface area contributed by atoms with E-state index in [-0.39, 0.29) is 22.0 Å². The highest BCUT2D eigenvalue weighted by molar-refractivity contribution is 7.89. The highest BCUT2D eigenvalue weighted by atomic mass is 35.5. The van der Waals surface area contributed by atoms with Crippen LogP contribution in [-0.2, 0) is 30.8 Å². The number of rotatable bonds is 8. The Hall–Kier alpha value is -2.49. The quantitative estimate of drug-likeness (QED) is 0.554. The lowest BCUT2D eigenvalue weighted by molar-refractivity contribution is -0.147. The third-order valence-corrected chi connectivity index (χ3v) is 7.46. The summed E-state index contributed by atoms with van der Waals surface area (Å²) >= 11 is 5.77. The third-order valence-electron chi connectivity index (χ3n) is 5.31. The van der Waals surface area contributed by atoms with E-state index in [1.807, 2.05) is 0 Å². The number of carbonyl (C=O) groups excluding carboxylic acids is 2. The zero-order valence-electron chi connectivity index (χ0n) is 18.1. The zero-order chi connectivity index (χ0) is 23.8. The summed E-state index contributed by atoms with van der Waals surface area (Å²) in [6, 6.07) is 10.2. The van der Waals surface area contributed by atoms with E-state index in [0.717, 1.165) is 37.3 Å². The van der Waals surface area contributed by atoms with E-state index in [1.165, 1.54) is 16.4 Å². The zero-order valence-corrected chi connectivity index (χ0v) is 19.6.